The third-order valence-corrected chi connectivity index (χ3v) is 4.17. The van der Waals surface area contributed by atoms with Crippen LogP contribution in [0.3, 0.4) is 0 Å². The van der Waals surface area contributed by atoms with E-state index in [0.29, 0.717) is 16.4 Å². The first-order valence-corrected chi connectivity index (χ1v) is 6.87. The fourth-order valence-corrected chi connectivity index (χ4v) is 2.49. The Morgan fingerprint density at radius 3 is 2.84 bits per heavy atom. The first-order valence-electron chi connectivity index (χ1n) is 5.88. The van der Waals surface area contributed by atoms with Crippen molar-refractivity contribution in [2.45, 2.75) is 25.2 Å². The van der Waals surface area contributed by atoms with Gasteiger partial charge in [-0.25, -0.2) is 0 Å². The largest absolute Gasteiger partial charge is 0.409 e. The zero-order valence-corrected chi connectivity index (χ0v) is 11.7. The van der Waals surface area contributed by atoms with E-state index < -0.39 is 4.92 Å². The Hall–Kier alpha value is -1.76. The summed E-state index contributed by atoms with van der Waals surface area (Å²) >= 11 is 1.45. The molecule has 1 atom stereocenters. The molecule has 0 saturated heterocycles. The lowest BCUT2D eigenvalue weighted by molar-refractivity contribution is -0.387. The topological polar surface area (TPSA) is 102 Å². The first kappa shape index (κ1) is 15.3. The van der Waals surface area contributed by atoms with Gasteiger partial charge in [-0.05, 0) is 18.1 Å². The van der Waals surface area contributed by atoms with E-state index in [0.717, 1.165) is 12.2 Å². The van der Waals surface area contributed by atoms with Crippen molar-refractivity contribution in [3.8, 4) is 0 Å². The first-order chi connectivity index (χ1) is 8.99. The molecule has 0 aromatic heterocycles. The highest BCUT2D eigenvalue weighted by Gasteiger charge is 2.17. The molecule has 0 heterocycles. The fourth-order valence-electron chi connectivity index (χ4n) is 1.35. The van der Waals surface area contributed by atoms with Gasteiger partial charge in [0.15, 0.2) is 5.84 Å². The molecule has 0 bridgehead atoms. The molecule has 6 nitrogen and oxygen atoms in total. The average Bonchev–Trinajstić information content (AvgIpc) is 2.43. The minimum absolute atomic E-state index is 0.0163. The summed E-state index contributed by atoms with van der Waals surface area (Å²) in [7, 11) is 0. The van der Waals surface area contributed by atoms with Gasteiger partial charge in [-0.15, -0.1) is 11.8 Å². The molecule has 0 amide bonds. The van der Waals surface area contributed by atoms with Crippen LogP contribution in [0.1, 0.15) is 25.8 Å². The van der Waals surface area contributed by atoms with Crippen molar-refractivity contribution in [3.05, 3.63) is 33.9 Å². The Labute approximate surface area is 115 Å². The highest BCUT2D eigenvalue weighted by Crippen LogP contribution is 2.31. The molecule has 0 aliphatic rings. The number of oxime groups is 1. The van der Waals surface area contributed by atoms with E-state index in [1.807, 2.05) is 0 Å². The Balaban J connectivity index is 3.02. The number of hydrogen-bond acceptors (Lipinski definition) is 5. The van der Waals surface area contributed by atoms with Gasteiger partial charge in [0.2, 0.25) is 0 Å². The smallest absolute Gasteiger partial charge is 0.283 e. The van der Waals surface area contributed by atoms with Crippen molar-refractivity contribution in [1.82, 2.24) is 0 Å². The highest BCUT2D eigenvalue weighted by atomic mass is 32.2. The lowest BCUT2D eigenvalue weighted by atomic mass is 10.2. The fraction of sp³-hybridized carbons (Fsp3) is 0.417. The second kappa shape index (κ2) is 6.98. The van der Waals surface area contributed by atoms with Crippen molar-refractivity contribution in [1.29, 1.82) is 0 Å². The minimum atomic E-state index is -0.451. The van der Waals surface area contributed by atoms with Crippen LogP contribution in [0.15, 0.2) is 28.3 Å². The summed E-state index contributed by atoms with van der Waals surface area (Å²) in [5.74, 6) is 1.18. The van der Waals surface area contributed by atoms with Gasteiger partial charge in [0.25, 0.3) is 5.69 Å². The standard InChI is InChI=1S/C12H17N3O3S/c1-3-8(2)7-19-11-5-4-9(12(13)14-16)6-10(11)15(17)18/h4-6,8,16H,3,7H2,1-2H3,(H2,13,14). The van der Waals surface area contributed by atoms with Crippen molar-refractivity contribution < 1.29 is 10.1 Å². The summed E-state index contributed by atoms with van der Waals surface area (Å²) < 4.78 is 0. The van der Waals surface area contributed by atoms with Crippen LogP contribution in [0.25, 0.3) is 0 Å². The van der Waals surface area contributed by atoms with Gasteiger partial charge < -0.3 is 10.9 Å². The molecule has 1 aromatic carbocycles. The zero-order valence-electron chi connectivity index (χ0n) is 10.9. The van der Waals surface area contributed by atoms with Gasteiger partial charge in [0.1, 0.15) is 0 Å². The molecule has 104 valence electrons. The molecule has 1 rings (SSSR count). The third kappa shape index (κ3) is 4.13. The molecule has 1 unspecified atom stereocenters. The monoisotopic (exact) mass is 283 g/mol. The minimum Gasteiger partial charge on any atom is -0.409 e. The Morgan fingerprint density at radius 1 is 1.63 bits per heavy atom. The van der Waals surface area contributed by atoms with Crippen molar-refractivity contribution in [3.63, 3.8) is 0 Å². The van der Waals surface area contributed by atoms with Crippen molar-refractivity contribution >= 4 is 23.3 Å². The number of nitrogens with two attached hydrogens (primary N) is 1. The number of rotatable bonds is 6. The van der Waals surface area contributed by atoms with E-state index >= 15 is 0 Å². The summed E-state index contributed by atoms with van der Waals surface area (Å²) in [6, 6.07) is 4.58. The predicted octanol–water partition coefficient (Wildman–Crippen LogP) is 2.83. The number of hydrogen-bond donors (Lipinski definition) is 2. The molecular formula is C12H17N3O3S. The lowest BCUT2D eigenvalue weighted by Crippen LogP contribution is -2.13. The Kier molecular flexibility index (Phi) is 5.62. The summed E-state index contributed by atoms with van der Waals surface area (Å²) in [6.45, 7) is 4.19. The van der Waals surface area contributed by atoms with E-state index in [2.05, 4.69) is 19.0 Å². The molecule has 0 spiro atoms. The second-order valence-corrected chi connectivity index (χ2v) is 5.31. The molecule has 0 aliphatic heterocycles. The molecule has 7 heteroatoms. The van der Waals surface area contributed by atoms with Crippen LogP contribution < -0.4 is 5.73 Å². The normalized spacial score (nSPS) is 13.3. The van der Waals surface area contributed by atoms with E-state index in [-0.39, 0.29) is 11.5 Å². The molecule has 1 aromatic rings. The Bertz CT molecular complexity index is 491. The van der Waals surface area contributed by atoms with Gasteiger partial charge in [-0.3, -0.25) is 10.1 Å². The number of nitro benzene ring substituents is 1. The van der Waals surface area contributed by atoms with Crippen LogP contribution in [0.5, 0.6) is 0 Å². The molecule has 0 radical (unpaired) electrons. The van der Waals surface area contributed by atoms with Crippen LogP contribution >= 0.6 is 11.8 Å². The maximum Gasteiger partial charge on any atom is 0.283 e. The zero-order chi connectivity index (χ0) is 14.4. The van der Waals surface area contributed by atoms with E-state index in [9.17, 15) is 10.1 Å². The van der Waals surface area contributed by atoms with Crippen LogP contribution in [0.2, 0.25) is 0 Å². The summed E-state index contributed by atoms with van der Waals surface area (Å²) in [4.78, 5) is 11.2. The van der Waals surface area contributed by atoms with E-state index in [1.54, 1.807) is 12.1 Å². The van der Waals surface area contributed by atoms with E-state index in [1.165, 1.54) is 17.8 Å². The summed E-state index contributed by atoms with van der Waals surface area (Å²) in [5, 5.41) is 22.5. The summed E-state index contributed by atoms with van der Waals surface area (Å²) in [5.41, 5.74) is 5.75. The third-order valence-electron chi connectivity index (χ3n) is 2.78. The number of nitrogens with zero attached hydrogens (tertiary/aromatic N) is 2. The van der Waals surface area contributed by atoms with Gasteiger partial charge in [-0.2, -0.15) is 0 Å². The SMILES string of the molecule is CCC(C)CSc1ccc(/C(N)=N/O)cc1[N+](=O)[O-]. The lowest BCUT2D eigenvalue weighted by Gasteiger charge is -2.08. The van der Waals surface area contributed by atoms with Crippen LogP contribution in [0.4, 0.5) is 5.69 Å². The maximum atomic E-state index is 11.0. The van der Waals surface area contributed by atoms with Crippen molar-refractivity contribution in [2.24, 2.45) is 16.8 Å². The van der Waals surface area contributed by atoms with E-state index in [4.69, 9.17) is 10.9 Å². The number of amidine groups is 1. The van der Waals surface area contributed by atoms with Crippen LogP contribution in [-0.2, 0) is 0 Å². The molecule has 19 heavy (non-hydrogen) atoms. The second-order valence-electron chi connectivity index (χ2n) is 4.25. The molecule has 0 fully saturated rings. The maximum absolute atomic E-state index is 11.0. The van der Waals surface area contributed by atoms with Crippen molar-refractivity contribution in [2.75, 3.05) is 5.75 Å². The highest BCUT2D eigenvalue weighted by molar-refractivity contribution is 7.99. The van der Waals surface area contributed by atoms with Gasteiger partial charge in [-0.1, -0.05) is 25.4 Å². The average molecular weight is 283 g/mol. The number of thioether (sulfide) groups is 1. The van der Waals surface area contributed by atoms with Gasteiger partial charge in [0.05, 0.1) is 9.82 Å². The Morgan fingerprint density at radius 2 is 2.32 bits per heavy atom. The van der Waals surface area contributed by atoms with Gasteiger partial charge in [0, 0.05) is 17.4 Å². The summed E-state index contributed by atoms with van der Waals surface area (Å²) in [6.07, 6.45) is 1.03. The van der Waals surface area contributed by atoms with Gasteiger partial charge >= 0.3 is 0 Å². The number of nitro groups is 1. The molecule has 0 saturated carbocycles. The molecule has 3 N–H and O–H groups in total. The molecular weight excluding hydrogens is 266 g/mol. The predicted molar refractivity (Wildman–Crippen MR) is 75.8 cm³/mol. The van der Waals surface area contributed by atoms with Crippen LogP contribution in [0, 0.1) is 16.0 Å². The van der Waals surface area contributed by atoms with Crippen LogP contribution in [-0.4, -0.2) is 21.7 Å². The molecule has 0 aliphatic carbocycles. The number of benzene rings is 1. The quantitative estimate of drug-likeness (QED) is 0.209.